The van der Waals surface area contributed by atoms with Gasteiger partial charge in [-0.15, -0.1) is 11.3 Å². The minimum absolute atomic E-state index is 0.615. The van der Waals surface area contributed by atoms with Crippen LogP contribution in [0, 0.1) is 0 Å². The van der Waals surface area contributed by atoms with Crippen molar-refractivity contribution in [2.24, 2.45) is 0 Å². The van der Waals surface area contributed by atoms with Crippen LogP contribution in [0.4, 0.5) is 0 Å². The Kier molecular flexibility index (Phi) is 16.4. The van der Waals surface area contributed by atoms with Gasteiger partial charge in [0, 0.05) is 135 Å². The number of para-hydroxylation sites is 11. The van der Waals surface area contributed by atoms with Crippen molar-refractivity contribution in [2.75, 3.05) is 0 Å². The highest BCUT2D eigenvalue weighted by Gasteiger charge is 2.33. The zero-order valence-corrected chi connectivity index (χ0v) is 80.1. The molecule has 0 N–H and O–H groups in total. The molecule has 0 atom stereocenters. The van der Waals surface area contributed by atoms with Gasteiger partial charge in [-0.25, -0.2) is 29.9 Å². The summed E-state index contributed by atoms with van der Waals surface area (Å²) in [5.41, 5.74) is 31.1. The van der Waals surface area contributed by atoms with Crippen LogP contribution >= 0.6 is 11.3 Å². The maximum Gasteiger partial charge on any atom is 0.236 e. The van der Waals surface area contributed by atoms with Crippen LogP contribution in [0.5, 0.6) is 0 Å². The zero-order valence-electron chi connectivity index (χ0n) is 79.3. The number of benzene rings is 21. The Bertz CT molecular complexity index is 11700. The first-order valence-corrected chi connectivity index (χ1v) is 51.3. The van der Waals surface area contributed by atoms with Crippen LogP contribution in [-0.2, 0) is 0 Å². The summed E-state index contributed by atoms with van der Waals surface area (Å²) in [6.07, 6.45) is 0. The van der Waals surface area contributed by atoms with Gasteiger partial charge in [0.15, 0.2) is 11.2 Å². The standard InChI is InChI=1S/C46H26N4O.C44H24N4O.C44H24N4S/c1-2-12-27(13-3-1)28-22-24-29(25-23-28)42-45-43(33-17-7-11-21-39(33)51-45)48-46(47-42)50-37-20-10-5-15-31(37)40-38(50)26-34-30-14-4-8-18-35(30)49-36-19-9-6-16-32(36)41(40)44(34)49;2*1-2-12-26-23-27(22-21-25(26)11-1)40-43-41(31-16-6-10-20-37(31)49-43)46-44(45-40)48-35-19-9-4-14-29(35)38-36(48)24-32-28-13-3-7-17-33(28)47-34-18-8-5-15-30(34)39(38)42(32)47/h1-26H;2*1-24H. The van der Waals surface area contributed by atoms with E-state index >= 15 is 0 Å². The van der Waals surface area contributed by atoms with E-state index in [0.717, 1.165) is 126 Å². The minimum atomic E-state index is 0.615. The van der Waals surface area contributed by atoms with Crippen molar-refractivity contribution < 1.29 is 8.83 Å². The third-order valence-electron chi connectivity index (χ3n) is 31.6. The van der Waals surface area contributed by atoms with Crippen LogP contribution in [-0.4, -0.2) is 56.8 Å². The number of hydrogen-bond acceptors (Lipinski definition) is 9. The average Bonchev–Trinajstić information content (AvgIpc) is 1.52. The highest BCUT2D eigenvalue weighted by molar-refractivity contribution is 7.26. The molecule has 0 fully saturated rings. The summed E-state index contributed by atoms with van der Waals surface area (Å²) in [4.78, 5) is 32.5. The number of furan rings is 2. The summed E-state index contributed by atoms with van der Waals surface area (Å²) in [5, 5.41) is 30.1. The van der Waals surface area contributed by atoms with Crippen molar-refractivity contribution >= 4 is 277 Å². The second-order valence-corrected chi connectivity index (χ2v) is 40.4. The Morgan fingerprint density at radius 2 is 0.470 bits per heavy atom. The summed E-state index contributed by atoms with van der Waals surface area (Å²) in [6.45, 7) is 0. The van der Waals surface area contributed by atoms with Gasteiger partial charge in [0.25, 0.3) is 0 Å². The molecule has 36 rings (SSSR count). The highest BCUT2D eigenvalue weighted by Crippen LogP contribution is 2.54. The van der Waals surface area contributed by atoms with Gasteiger partial charge in [-0.1, -0.05) is 334 Å². The van der Waals surface area contributed by atoms with E-state index in [-0.39, 0.29) is 0 Å². The van der Waals surface area contributed by atoms with Crippen molar-refractivity contribution in [3.05, 3.63) is 449 Å². The quantitative estimate of drug-likeness (QED) is 0.154. The topological polar surface area (TPSA) is 132 Å². The fraction of sp³-hybridized carbons (Fsp3) is 0. The second kappa shape index (κ2) is 30.3. The number of rotatable bonds is 7. The summed E-state index contributed by atoms with van der Waals surface area (Å²) in [7, 11) is 0. The summed E-state index contributed by atoms with van der Waals surface area (Å²) in [5.74, 6) is 1.92. The number of aromatic nitrogens is 12. The molecule has 0 amide bonds. The van der Waals surface area contributed by atoms with E-state index in [1.54, 1.807) is 11.3 Å². The predicted molar refractivity (Wildman–Crippen MR) is 617 cm³/mol. The van der Waals surface area contributed by atoms with Crippen LogP contribution in [0.3, 0.4) is 0 Å². The molecular formula is C134H74N12O2S. The Morgan fingerprint density at radius 1 is 0.181 bits per heavy atom. The van der Waals surface area contributed by atoms with Gasteiger partial charge >= 0.3 is 0 Å². The van der Waals surface area contributed by atoms with Crippen molar-refractivity contribution in [1.29, 1.82) is 0 Å². The lowest BCUT2D eigenvalue weighted by Crippen LogP contribution is -2.03. The van der Waals surface area contributed by atoms with Gasteiger partial charge in [0.1, 0.15) is 33.6 Å². The lowest BCUT2D eigenvalue weighted by molar-refractivity contribution is 0.666. The Labute approximate surface area is 848 Å². The van der Waals surface area contributed by atoms with E-state index in [4.69, 9.17) is 38.7 Å². The van der Waals surface area contributed by atoms with E-state index in [0.29, 0.717) is 29.0 Å². The van der Waals surface area contributed by atoms with Gasteiger partial charge in [-0.3, -0.25) is 13.7 Å². The lowest BCUT2D eigenvalue weighted by atomic mass is 10.0. The largest absolute Gasteiger partial charge is 0.452 e. The molecule has 0 aliphatic rings. The van der Waals surface area contributed by atoms with Gasteiger partial charge in [0.05, 0.1) is 98.7 Å². The molecule has 0 bridgehead atoms. The lowest BCUT2D eigenvalue weighted by Gasteiger charge is -2.11. The molecule has 0 spiro atoms. The second-order valence-electron chi connectivity index (χ2n) is 39.3. The third-order valence-corrected chi connectivity index (χ3v) is 32.7. The van der Waals surface area contributed by atoms with E-state index in [9.17, 15) is 0 Å². The molecule has 15 heteroatoms. The maximum atomic E-state index is 6.54. The minimum Gasteiger partial charge on any atom is -0.452 e. The first kappa shape index (κ1) is 80.5. The number of thiophene rings is 1. The van der Waals surface area contributed by atoms with E-state index in [1.165, 1.54) is 173 Å². The Balaban J connectivity index is 0.0000000953. The zero-order chi connectivity index (χ0) is 96.8. The van der Waals surface area contributed by atoms with E-state index in [1.807, 2.05) is 42.5 Å². The van der Waals surface area contributed by atoms with Crippen LogP contribution in [0.15, 0.2) is 458 Å². The van der Waals surface area contributed by atoms with Crippen molar-refractivity contribution in [3.63, 3.8) is 0 Å². The fourth-order valence-corrected chi connectivity index (χ4v) is 26.4. The third kappa shape index (κ3) is 11.2. The van der Waals surface area contributed by atoms with E-state index < -0.39 is 0 Å². The fourth-order valence-electron chi connectivity index (χ4n) is 25.3. The first-order valence-electron chi connectivity index (χ1n) is 50.5. The number of hydrogen-bond donors (Lipinski definition) is 0. The Morgan fingerprint density at radius 3 is 0.886 bits per heavy atom. The molecule has 0 saturated carbocycles. The monoisotopic (exact) mass is 1910 g/mol. The molecule has 0 aliphatic heterocycles. The maximum absolute atomic E-state index is 6.54. The normalized spacial score (nSPS) is 12.4. The van der Waals surface area contributed by atoms with Gasteiger partial charge in [0.2, 0.25) is 17.8 Å². The van der Waals surface area contributed by atoms with Crippen molar-refractivity contribution in [3.8, 4) is 62.7 Å². The molecule has 0 unspecified atom stereocenters. The van der Waals surface area contributed by atoms with Gasteiger partial charge in [-0.05, 0) is 148 Å². The van der Waals surface area contributed by atoms with Crippen LogP contribution in [0.2, 0.25) is 0 Å². The summed E-state index contributed by atoms with van der Waals surface area (Å²) in [6, 6.07) is 160. The smallest absolute Gasteiger partial charge is 0.236 e. The highest BCUT2D eigenvalue weighted by atomic mass is 32.1. The van der Waals surface area contributed by atoms with Crippen LogP contribution < -0.4 is 0 Å². The van der Waals surface area contributed by atoms with Gasteiger partial charge < -0.3 is 22.0 Å². The summed E-state index contributed by atoms with van der Waals surface area (Å²) < 4.78 is 29.6. The molecule has 149 heavy (non-hydrogen) atoms. The molecule has 21 aromatic carbocycles. The van der Waals surface area contributed by atoms with Crippen molar-refractivity contribution in [1.82, 2.24) is 56.8 Å². The molecule has 15 heterocycles. The number of fused-ring (bicyclic) bond motifs is 41. The summed E-state index contributed by atoms with van der Waals surface area (Å²) >= 11 is 1.77. The molecule has 0 saturated heterocycles. The molecule has 36 aromatic rings. The predicted octanol–water partition coefficient (Wildman–Crippen LogP) is 35.3. The molecule has 0 aliphatic carbocycles. The van der Waals surface area contributed by atoms with Crippen LogP contribution in [0.25, 0.3) is 328 Å². The first-order chi connectivity index (χ1) is 73.9. The molecular weight excluding hydrogens is 1840 g/mol. The number of nitrogens with zero attached hydrogens (tertiary/aromatic N) is 12. The van der Waals surface area contributed by atoms with Gasteiger partial charge in [-0.2, -0.15) is 0 Å². The average molecular weight is 1920 g/mol. The molecule has 688 valence electrons. The molecule has 0 radical (unpaired) electrons. The van der Waals surface area contributed by atoms with Crippen LogP contribution in [0.1, 0.15) is 0 Å². The van der Waals surface area contributed by atoms with Crippen molar-refractivity contribution in [2.45, 2.75) is 0 Å². The SMILES string of the molecule is c1ccc(-c2ccc(-c3nc(-n4c5ccccc5c5c6c7ccccc7n7c8ccccc8c(cc54)c67)nc4c3oc3ccccc34)cc2)cc1.c1ccc2cc(-c3nc(-n4c5ccccc5c5c6c7ccccc7n7c8ccccc8c(cc54)c67)nc4c3oc3ccccc34)ccc2c1.c1ccc2cc(-c3nc(-n4c5ccccc5c5c6c7ccccc7n7c8ccccc8c(cc54)c67)nc4c3sc3ccccc34)ccc2c1. The molecule has 15 aromatic heterocycles. The Hall–Kier alpha value is -20.0. The van der Waals surface area contributed by atoms with E-state index in [2.05, 4.69) is 433 Å². The molecule has 14 nitrogen and oxygen atoms in total.